The monoisotopic (exact) mass is 285 g/mol. The summed E-state index contributed by atoms with van der Waals surface area (Å²) in [5.41, 5.74) is 7.22. The molecule has 5 heteroatoms. The summed E-state index contributed by atoms with van der Waals surface area (Å²) in [4.78, 5) is 16.3. The first-order valence-corrected chi connectivity index (χ1v) is 6.73. The second-order valence-corrected chi connectivity index (χ2v) is 4.73. The number of rotatable bonds is 5. The number of pyridine rings is 1. The Bertz CT molecular complexity index is 599. The third kappa shape index (κ3) is 3.58. The fourth-order valence-electron chi connectivity index (χ4n) is 2.04. The molecule has 110 valence electrons. The quantitative estimate of drug-likeness (QED) is 0.875. The smallest absolute Gasteiger partial charge is 0.237 e. The largest absolute Gasteiger partial charge is 0.496 e. The Morgan fingerprint density at radius 3 is 2.57 bits per heavy atom. The normalized spacial score (nSPS) is 13.3. The number of ether oxygens (including phenoxy) is 1. The molecule has 2 aromatic rings. The van der Waals surface area contributed by atoms with Gasteiger partial charge in [-0.25, -0.2) is 0 Å². The van der Waals surface area contributed by atoms with Crippen LogP contribution in [0.4, 0.5) is 0 Å². The van der Waals surface area contributed by atoms with Gasteiger partial charge >= 0.3 is 0 Å². The van der Waals surface area contributed by atoms with Crippen LogP contribution in [0.3, 0.4) is 0 Å². The van der Waals surface area contributed by atoms with Crippen LogP contribution in [0.5, 0.6) is 5.75 Å². The third-order valence-corrected chi connectivity index (χ3v) is 3.13. The fourth-order valence-corrected chi connectivity index (χ4v) is 2.04. The number of hydrogen-bond acceptors (Lipinski definition) is 4. The molecule has 0 fully saturated rings. The predicted octanol–water partition coefficient (Wildman–Crippen LogP) is 1.64. The lowest BCUT2D eigenvalue weighted by molar-refractivity contribution is -0.122. The van der Waals surface area contributed by atoms with Crippen molar-refractivity contribution in [2.75, 3.05) is 7.11 Å². The van der Waals surface area contributed by atoms with E-state index in [4.69, 9.17) is 10.5 Å². The minimum atomic E-state index is -0.592. The van der Waals surface area contributed by atoms with Gasteiger partial charge in [-0.3, -0.25) is 9.78 Å². The SMILES string of the molecule is COc1ccccc1C(NC(=O)[C@@H](C)N)c1ccccn1. The molecule has 0 bridgehead atoms. The topological polar surface area (TPSA) is 77.2 Å². The molecule has 5 nitrogen and oxygen atoms in total. The van der Waals surface area contributed by atoms with E-state index < -0.39 is 12.1 Å². The van der Waals surface area contributed by atoms with Crippen LogP contribution in [-0.2, 0) is 4.79 Å². The highest BCUT2D eigenvalue weighted by Gasteiger charge is 2.22. The maximum absolute atomic E-state index is 12.0. The fraction of sp³-hybridized carbons (Fsp3) is 0.250. The number of nitrogens with one attached hydrogen (secondary N) is 1. The number of benzene rings is 1. The number of nitrogens with zero attached hydrogens (tertiary/aromatic N) is 1. The first-order valence-electron chi connectivity index (χ1n) is 6.73. The van der Waals surface area contributed by atoms with Crippen LogP contribution in [0.15, 0.2) is 48.7 Å². The van der Waals surface area contributed by atoms with Gasteiger partial charge in [0.2, 0.25) is 5.91 Å². The minimum Gasteiger partial charge on any atom is -0.496 e. The van der Waals surface area contributed by atoms with E-state index in [1.165, 1.54) is 0 Å². The van der Waals surface area contributed by atoms with E-state index in [9.17, 15) is 4.79 Å². The molecular formula is C16H19N3O2. The van der Waals surface area contributed by atoms with Crippen molar-refractivity contribution >= 4 is 5.91 Å². The maximum Gasteiger partial charge on any atom is 0.237 e. The van der Waals surface area contributed by atoms with Crippen molar-refractivity contribution in [3.8, 4) is 5.75 Å². The summed E-state index contributed by atoms with van der Waals surface area (Å²) < 4.78 is 5.38. The molecule has 1 unspecified atom stereocenters. The third-order valence-electron chi connectivity index (χ3n) is 3.13. The van der Waals surface area contributed by atoms with Crippen LogP contribution in [0, 0.1) is 0 Å². The number of hydrogen-bond donors (Lipinski definition) is 2. The van der Waals surface area contributed by atoms with Crippen LogP contribution >= 0.6 is 0 Å². The summed E-state index contributed by atoms with van der Waals surface area (Å²) in [5, 5.41) is 2.92. The number of para-hydroxylation sites is 1. The number of carbonyl (C=O) groups is 1. The Kier molecular flexibility index (Phi) is 4.90. The Hall–Kier alpha value is -2.40. The molecule has 1 aromatic heterocycles. The molecule has 0 radical (unpaired) electrons. The molecule has 1 aromatic carbocycles. The number of amides is 1. The highest BCUT2D eigenvalue weighted by atomic mass is 16.5. The highest BCUT2D eigenvalue weighted by molar-refractivity contribution is 5.81. The molecule has 1 amide bonds. The van der Waals surface area contributed by atoms with E-state index in [-0.39, 0.29) is 5.91 Å². The molecule has 21 heavy (non-hydrogen) atoms. The Morgan fingerprint density at radius 1 is 1.24 bits per heavy atom. The van der Waals surface area contributed by atoms with Gasteiger partial charge in [0.15, 0.2) is 0 Å². The van der Waals surface area contributed by atoms with Crippen LogP contribution in [0.25, 0.3) is 0 Å². The summed E-state index contributed by atoms with van der Waals surface area (Å²) in [6.07, 6.45) is 1.69. The van der Waals surface area contributed by atoms with Crippen molar-refractivity contribution in [3.05, 3.63) is 59.9 Å². The molecule has 3 N–H and O–H groups in total. The van der Waals surface area contributed by atoms with Gasteiger partial charge in [-0.1, -0.05) is 24.3 Å². The molecular weight excluding hydrogens is 266 g/mol. The van der Waals surface area contributed by atoms with E-state index in [1.54, 1.807) is 20.2 Å². The van der Waals surface area contributed by atoms with Gasteiger partial charge in [0.05, 0.1) is 18.8 Å². The van der Waals surface area contributed by atoms with Gasteiger partial charge in [0.1, 0.15) is 11.8 Å². The molecule has 0 aliphatic carbocycles. The zero-order chi connectivity index (χ0) is 15.2. The Balaban J connectivity index is 2.43. The van der Waals surface area contributed by atoms with Crippen molar-refractivity contribution in [2.24, 2.45) is 5.73 Å². The lowest BCUT2D eigenvalue weighted by Gasteiger charge is -2.21. The molecule has 2 atom stereocenters. The number of carbonyl (C=O) groups excluding carboxylic acids is 1. The van der Waals surface area contributed by atoms with E-state index in [0.717, 1.165) is 11.3 Å². The standard InChI is InChI=1S/C16H19N3O2/c1-11(17)16(20)19-15(13-8-5-6-10-18-13)12-7-3-4-9-14(12)21-2/h3-11,15H,17H2,1-2H3,(H,19,20)/t11-,15?/m1/s1. The van der Waals surface area contributed by atoms with Crippen LogP contribution < -0.4 is 15.8 Å². The molecule has 0 spiro atoms. The van der Waals surface area contributed by atoms with Gasteiger partial charge in [0, 0.05) is 11.8 Å². The molecule has 0 saturated carbocycles. The van der Waals surface area contributed by atoms with E-state index in [1.807, 2.05) is 42.5 Å². The van der Waals surface area contributed by atoms with Gasteiger partial charge < -0.3 is 15.8 Å². The first kappa shape index (κ1) is 15.0. The summed E-state index contributed by atoms with van der Waals surface area (Å²) in [6, 6.07) is 12.1. The van der Waals surface area contributed by atoms with Crippen molar-refractivity contribution in [1.29, 1.82) is 0 Å². The van der Waals surface area contributed by atoms with Gasteiger partial charge in [-0.05, 0) is 25.1 Å². The van der Waals surface area contributed by atoms with E-state index in [2.05, 4.69) is 10.3 Å². The summed E-state index contributed by atoms with van der Waals surface area (Å²) in [7, 11) is 1.60. The highest BCUT2D eigenvalue weighted by Crippen LogP contribution is 2.28. The molecule has 0 aliphatic heterocycles. The minimum absolute atomic E-state index is 0.239. The molecule has 2 rings (SSSR count). The maximum atomic E-state index is 12.0. The number of nitrogens with two attached hydrogens (primary N) is 1. The lowest BCUT2D eigenvalue weighted by Crippen LogP contribution is -2.40. The molecule has 0 aliphatic rings. The summed E-state index contributed by atoms with van der Waals surface area (Å²) in [5.74, 6) is 0.453. The first-order chi connectivity index (χ1) is 10.1. The average molecular weight is 285 g/mol. The zero-order valence-corrected chi connectivity index (χ0v) is 12.1. The van der Waals surface area contributed by atoms with Gasteiger partial charge in [-0.2, -0.15) is 0 Å². The van der Waals surface area contributed by atoms with Crippen LogP contribution in [0.2, 0.25) is 0 Å². The predicted molar refractivity (Wildman–Crippen MR) is 80.9 cm³/mol. The van der Waals surface area contributed by atoms with Crippen molar-refractivity contribution in [3.63, 3.8) is 0 Å². The van der Waals surface area contributed by atoms with E-state index >= 15 is 0 Å². The lowest BCUT2D eigenvalue weighted by atomic mass is 10.0. The van der Waals surface area contributed by atoms with Crippen molar-refractivity contribution in [2.45, 2.75) is 19.0 Å². The summed E-state index contributed by atoms with van der Waals surface area (Å²) >= 11 is 0. The van der Waals surface area contributed by atoms with Gasteiger partial charge in [-0.15, -0.1) is 0 Å². The van der Waals surface area contributed by atoms with Crippen molar-refractivity contribution < 1.29 is 9.53 Å². The number of methoxy groups -OCH3 is 1. The van der Waals surface area contributed by atoms with Crippen LogP contribution in [-0.4, -0.2) is 24.0 Å². The second kappa shape index (κ2) is 6.85. The van der Waals surface area contributed by atoms with Crippen LogP contribution in [0.1, 0.15) is 24.2 Å². The van der Waals surface area contributed by atoms with E-state index in [0.29, 0.717) is 5.75 Å². The molecule has 0 saturated heterocycles. The number of aromatic nitrogens is 1. The second-order valence-electron chi connectivity index (χ2n) is 4.73. The Morgan fingerprint density at radius 2 is 1.95 bits per heavy atom. The van der Waals surface area contributed by atoms with Gasteiger partial charge in [0.25, 0.3) is 0 Å². The zero-order valence-electron chi connectivity index (χ0n) is 12.1. The Labute approximate surface area is 124 Å². The summed E-state index contributed by atoms with van der Waals surface area (Å²) in [6.45, 7) is 1.65. The van der Waals surface area contributed by atoms with Crippen molar-refractivity contribution in [1.82, 2.24) is 10.3 Å². The average Bonchev–Trinajstić information content (AvgIpc) is 2.53. The molecule has 1 heterocycles.